The van der Waals surface area contributed by atoms with Crippen LogP contribution in [-0.4, -0.2) is 16.1 Å². The Bertz CT molecular complexity index is 624. The number of amides is 1. The van der Waals surface area contributed by atoms with Gasteiger partial charge in [-0.1, -0.05) is 12.1 Å². The van der Waals surface area contributed by atoms with Crippen LogP contribution in [0.1, 0.15) is 28.9 Å². The zero-order chi connectivity index (χ0) is 14.7. The summed E-state index contributed by atoms with van der Waals surface area (Å²) >= 11 is 0. The van der Waals surface area contributed by atoms with Crippen molar-refractivity contribution in [3.63, 3.8) is 0 Å². The van der Waals surface area contributed by atoms with Gasteiger partial charge in [0.2, 0.25) is 0 Å². The van der Waals surface area contributed by atoms with Gasteiger partial charge in [-0.05, 0) is 36.8 Å². The Hall–Kier alpha value is -2.40. The fourth-order valence-electron chi connectivity index (χ4n) is 1.74. The molecule has 0 saturated heterocycles. The molecule has 1 amide bonds. The minimum absolute atomic E-state index is 0.00833. The molecule has 0 spiro atoms. The molecule has 1 atom stereocenters. The molecule has 4 nitrogen and oxygen atoms in total. The summed E-state index contributed by atoms with van der Waals surface area (Å²) in [5.41, 5.74) is 1.24. The van der Waals surface area contributed by atoms with E-state index < -0.39 is 23.6 Å². The predicted octanol–water partition coefficient (Wildman–Crippen LogP) is 2.84. The Kier molecular flexibility index (Phi) is 4.00. The van der Waals surface area contributed by atoms with E-state index in [1.54, 1.807) is 31.2 Å². The number of hydrogen-bond acceptors (Lipinski definition) is 3. The monoisotopic (exact) mass is 275 g/mol. The quantitative estimate of drug-likeness (QED) is 0.806. The van der Waals surface area contributed by atoms with Gasteiger partial charge in [-0.15, -0.1) is 0 Å². The molecule has 0 aliphatic rings. The number of benzene rings is 2. The first-order chi connectivity index (χ1) is 9.47. The van der Waals surface area contributed by atoms with Crippen LogP contribution in [0.25, 0.3) is 0 Å². The predicted molar refractivity (Wildman–Crippen MR) is 73.1 cm³/mol. The second-order valence-electron chi connectivity index (χ2n) is 4.41. The van der Waals surface area contributed by atoms with Gasteiger partial charge >= 0.3 is 0 Å². The highest BCUT2D eigenvalue weighted by Gasteiger charge is 2.12. The standard InChI is InChI=1S/C15H14FNO3/c1-9(18)10-2-5-12(6-3-10)17-15(20)13-7-4-11(16)8-14(13)19/h2-9,18-19H,1H3,(H,17,20). The topological polar surface area (TPSA) is 69.6 Å². The third kappa shape index (κ3) is 3.13. The second-order valence-corrected chi connectivity index (χ2v) is 4.41. The molecule has 2 rings (SSSR count). The van der Waals surface area contributed by atoms with Gasteiger partial charge in [-0.25, -0.2) is 4.39 Å². The molecular weight excluding hydrogens is 261 g/mol. The first-order valence-electron chi connectivity index (χ1n) is 6.05. The zero-order valence-corrected chi connectivity index (χ0v) is 10.8. The van der Waals surface area contributed by atoms with Crippen LogP contribution in [0.2, 0.25) is 0 Å². The zero-order valence-electron chi connectivity index (χ0n) is 10.8. The number of aliphatic hydroxyl groups excluding tert-OH is 1. The van der Waals surface area contributed by atoms with Crippen LogP contribution in [0, 0.1) is 5.82 Å². The van der Waals surface area contributed by atoms with Gasteiger partial charge in [0.25, 0.3) is 5.91 Å². The molecular formula is C15H14FNO3. The lowest BCUT2D eigenvalue weighted by Gasteiger charge is -2.09. The fraction of sp³-hybridized carbons (Fsp3) is 0.133. The van der Waals surface area contributed by atoms with E-state index in [9.17, 15) is 19.4 Å². The molecule has 3 N–H and O–H groups in total. The molecule has 0 radical (unpaired) electrons. The van der Waals surface area contributed by atoms with E-state index >= 15 is 0 Å². The van der Waals surface area contributed by atoms with Crippen molar-refractivity contribution in [1.82, 2.24) is 0 Å². The molecule has 0 heterocycles. The largest absolute Gasteiger partial charge is 0.507 e. The first-order valence-corrected chi connectivity index (χ1v) is 6.05. The Labute approximate surface area is 115 Å². The van der Waals surface area contributed by atoms with Crippen molar-refractivity contribution >= 4 is 11.6 Å². The Balaban J connectivity index is 2.15. The van der Waals surface area contributed by atoms with Gasteiger partial charge in [0, 0.05) is 11.8 Å². The highest BCUT2D eigenvalue weighted by molar-refractivity contribution is 6.06. The summed E-state index contributed by atoms with van der Waals surface area (Å²) in [4.78, 5) is 11.9. The van der Waals surface area contributed by atoms with E-state index in [1.807, 2.05) is 0 Å². The highest BCUT2D eigenvalue weighted by atomic mass is 19.1. The van der Waals surface area contributed by atoms with Crippen molar-refractivity contribution in [3.05, 3.63) is 59.4 Å². The van der Waals surface area contributed by atoms with Crippen LogP contribution in [0.3, 0.4) is 0 Å². The van der Waals surface area contributed by atoms with Gasteiger partial charge in [0.1, 0.15) is 11.6 Å². The summed E-state index contributed by atoms with van der Waals surface area (Å²) in [6.45, 7) is 1.64. The average Bonchev–Trinajstić information content (AvgIpc) is 2.39. The molecule has 0 aliphatic heterocycles. The number of anilines is 1. The van der Waals surface area contributed by atoms with E-state index in [2.05, 4.69) is 5.32 Å². The van der Waals surface area contributed by atoms with Crippen molar-refractivity contribution in [2.75, 3.05) is 5.32 Å². The first kappa shape index (κ1) is 14.0. The van der Waals surface area contributed by atoms with Crippen molar-refractivity contribution in [3.8, 4) is 5.75 Å². The van der Waals surface area contributed by atoms with Crippen LogP contribution in [0.15, 0.2) is 42.5 Å². The summed E-state index contributed by atoms with van der Waals surface area (Å²) < 4.78 is 12.8. The van der Waals surface area contributed by atoms with Gasteiger partial charge in [-0.2, -0.15) is 0 Å². The van der Waals surface area contributed by atoms with E-state index in [1.165, 1.54) is 6.07 Å². The number of phenolic OH excluding ortho intramolecular Hbond substituents is 1. The number of carbonyl (C=O) groups excluding carboxylic acids is 1. The van der Waals surface area contributed by atoms with Crippen molar-refractivity contribution in [1.29, 1.82) is 0 Å². The van der Waals surface area contributed by atoms with Crippen molar-refractivity contribution < 1.29 is 19.4 Å². The Morgan fingerprint density at radius 2 is 1.85 bits per heavy atom. The Morgan fingerprint density at radius 1 is 1.20 bits per heavy atom. The van der Waals surface area contributed by atoms with Crippen LogP contribution >= 0.6 is 0 Å². The smallest absolute Gasteiger partial charge is 0.259 e. The lowest BCUT2D eigenvalue weighted by Crippen LogP contribution is -2.12. The molecule has 20 heavy (non-hydrogen) atoms. The normalized spacial score (nSPS) is 11.9. The molecule has 5 heteroatoms. The van der Waals surface area contributed by atoms with Crippen LogP contribution in [-0.2, 0) is 0 Å². The van der Waals surface area contributed by atoms with E-state index in [4.69, 9.17) is 0 Å². The number of nitrogens with one attached hydrogen (secondary N) is 1. The van der Waals surface area contributed by atoms with Crippen LogP contribution in [0.5, 0.6) is 5.75 Å². The van der Waals surface area contributed by atoms with Crippen molar-refractivity contribution in [2.45, 2.75) is 13.0 Å². The average molecular weight is 275 g/mol. The van der Waals surface area contributed by atoms with Gasteiger partial charge < -0.3 is 15.5 Å². The van der Waals surface area contributed by atoms with E-state index in [-0.39, 0.29) is 5.56 Å². The summed E-state index contributed by atoms with van der Waals surface area (Å²) in [7, 11) is 0. The lowest BCUT2D eigenvalue weighted by atomic mass is 10.1. The lowest BCUT2D eigenvalue weighted by molar-refractivity contribution is 0.102. The SMILES string of the molecule is CC(O)c1ccc(NC(=O)c2ccc(F)cc2O)cc1. The molecule has 104 valence electrons. The third-order valence-corrected chi connectivity index (χ3v) is 2.86. The number of carbonyl (C=O) groups is 1. The number of aromatic hydroxyl groups is 1. The maximum Gasteiger partial charge on any atom is 0.259 e. The van der Waals surface area contributed by atoms with E-state index in [0.29, 0.717) is 5.69 Å². The fourth-order valence-corrected chi connectivity index (χ4v) is 1.74. The molecule has 0 saturated carbocycles. The number of rotatable bonds is 3. The molecule has 2 aromatic carbocycles. The minimum Gasteiger partial charge on any atom is -0.507 e. The third-order valence-electron chi connectivity index (χ3n) is 2.86. The number of aliphatic hydroxyl groups is 1. The summed E-state index contributed by atoms with van der Waals surface area (Å²) in [5, 5.41) is 21.5. The molecule has 0 bridgehead atoms. The van der Waals surface area contributed by atoms with E-state index in [0.717, 1.165) is 17.7 Å². The second kappa shape index (κ2) is 5.71. The minimum atomic E-state index is -0.611. The maximum absolute atomic E-state index is 12.8. The molecule has 0 aromatic heterocycles. The molecule has 0 fully saturated rings. The van der Waals surface area contributed by atoms with Crippen LogP contribution < -0.4 is 5.32 Å². The van der Waals surface area contributed by atoms with Gasteiger partial charge in [-0.3, -0.25) is 4.79 Å². The number of halogens is 1. The Morgan fingerprint density at radius 3 is 2.40 bits per heavy atom. The number of hydrogen-bond donors (Lipinski definition) is 3. The highest BCUT2D eigenvalue weighted by Crippen LogP contribution is 2.20. The summed E-state index contributed by atoms with van der Waals surface area (Å²) in [6, 6.07) is 9.84. The molecule has 2 aromatic rings. The van der Waals surface area contributed by atoms with Crippen molar-refractivity contribution in [2.24, 2.45) is 0 Å². The van der Waals surface area contributed by atoms with Gasteiger partial charge in [0.15, 0.2) is 0 Å². The van der Waals surface area contributed by atoms with Gasteiger partial charge in [0.05, 0.1) is 11.7 Å². The maximum atomic E-state index is 12.8. The summed E-state index contributed by atoms with van der Waals surface area (Å²) in [6.07, 6.45) is -0.583. The number of phenols is 1. The molecule has 0 aliphatic carbocycles. The molecule has 1 unspecified atom stereocenters. The summed E-state index contributed by atoms with van der Waals surface area (Å²) in [5.74, 6) is -1.56. The van der Waals surface area contributed by atoms with Crippen LogP contribution in [0.4, 0.5) is 10.1 Å².